The summed E-state index contributed by atoms with van der Waals surface area (Å²) in [5.41, 5.74) is -0.697. The van der Waals surface area contributed by atoms with E-state index in [1.54, 1.807) is 13.8 Å². The Morgan fingerprint density at radius 2 is 1.73 bits per heavy atom. The van der Waals surface area contributed by atoms with E-state index < -0.39 is 40.1 Å². The number of amides is 1. The lowest BCUT2D eigenvalue weighted by atomic mass is 10.2. The van der Waals surface area contributed by atoms with E-state index in [0.717, 1.165) is 22.5 Å². The van der Waals surface area contributed by atoms with Crippen LogP contribution in [-0.2, 0) is 10.0 Å². The van der Waals surface area contributed by atoms with Crippen molar-refractivity contribution >= 4 is 21.6 Å². The number of sulfonamides is 1. The number of hydrogen-bond acceptors (Lipinski definition) is 4. The van der Waals surface area contributed by atoms with Crippen molar-refractivity contribution in [3.05, 3.63) is 53.8 Å². The molecule has 1 N–H and O–H groups in total. The Bertz CT molecular complexity index is 1010. The Morgan fingerprint density at radius 1 is 1.10 bits per heavy atom. The van der Waals surface area contributed by atoms with Crippen LogP contribution < -0.4 is 10.1 Å². The maximum absolute atomic E-state index is 14.2. The van der Waals surface area contributed by atoms with Crippen molar-refractivity contribution in [3.63, 3.8) is 0 Å². The molecule has 0 aliphatic heterocycles. The third-order valence-corrected chi connectivity index (χ3v) is 6.10. The summed E-state index contributed by atoms with van der Waals surface area (Å²) in [5, 5.41) is 2.26. The maximum Gasteiger partial charge on any atom is 0.422 e. The van der Waals surface area contributed by atoms with Crippen LogP contribution in [0.2, 0.25) is 0 Å². The number of ether oxygens (including phenoxy) is 1. The van der Waals surface area contributed by atoms with Gasteiger partial charge in [0.05, 0.1) is 16.1 Å². The third-order valence-electron chi connectivity index (χ3n) is 4.05. The molecule has 0 aromatic heterocycles. The van der Waals surface area contributed by atoms with Crippen molar-refractivity contribution in [2.45, 2.75) is 24.9 Å². The molecule has 2 rings (SSSR count). The lowest BCUT2D eigenvalue weighted by Crippen LogP contribution is -2.31. The number of carbonyl (C=O) groups excluding carboxylic acids is 1. The molecule has 30 heavy (non-hydrogen) atoms. The monoisotopic (exact) mass is 448 g/mol. The van der Waals surface area contributed by atoms with Gasteiger partial charge in [-0.05, 0) is 30.3 Å². The van der Waals surface area contributed by atoms with Crippen LogP contribution in [0.25, 0.3) is 0 Å². The molecule has 2 aromatic rings. The van der Waals surface area contributed by atoms with Gasteiger partial charge in [0.2, 0.25) is 10.0 Å². The molecule has 0 saturated carbocycles. The van der Waals surface area contributed by atoms with E-state index in [1.807, 2.05) is 0 Å². The van der Waals surface area contributed by atoms with Crippen molar-refractivity contribution in [3.8, 4) is 5.75 Å². The van der Waals surface area contributed by atoms with Gasteiger partial charge in [0, 0.05) is 13.1 Å². The van der Waals surface area contributed by atoms with Gasteiger partial charge in [-0.25, -0.2) is 12.8 Å². The SMILES string of the molecule is CCN(CC)S(=O)(=O)c1ccc(F)c(C(=O)Nc2ccccc2OCC(F)(F)F)c1. The first kappa shape index (κ1) is 23.6. The van der Waals surface area contributed by atoms with Crippen LogP contribution >= 0.6 is 0 Å². The molecule has 0 fully saturated rings. The molecule has 0 spiro atoms. The van der Waals surface area contributed by atoms with Gasteiger partial charge in [0.1, 0.15) is 11.6 Å². The van der Waals surface area contributed by atoms with Gasteiger partial charge in [0.25, 0.3) is 5.91 Å². The number of benzene rings is 2. The number of para-hydroxylation sites is 2. The molecule has 0 aliphatic rings. The van der Waals surface area contributed by atoms with Gasteiger partial charge < -0.3 is 10.1 Å². The summed E-state index contributed by atoms with van der Waals surface area (Å²) in [7, 11) is -3.94. The number of anilines is 1. The molecular formula is C19H20F4N2O4S. The zero-order valence-electron chi connectivity index (χ0n) is 16.2. The van der Waals surface area contributed by atoms with E-state index in [-0.39, 0.29) is 29.4 Å². The zero-order chi connectivity index (χ0) is 22.5. The van der Waals surface area contributed by atoms with Crippen molar-refractivity contribution in [2.75, 3.05) is 25.0 Å². The standard InChI is InChI=1S/C19H20F4N2O4S/c1-3-25(4-2)30(27,28)13-9-10-15(20)14(11-13)18(26)24-16-7-5-6-8-17(16)29-12-19(21,22)23/h5-11H,3-4,12H2,1-2H3,(H,24,26). The molecule has 11 heteroatoms. The highest BCUT2D eigenvalue weighted by Crippen LogP contribution is 2.27. The summed E-state index contributed by atoms with van der Waals surface area (Å²) in [6.45, 7) is 2.06. The second-order valence-corrected chi connectivity index (χ2v) is 8.02. The Hall–Kier alpha value is -2.66. The lowest BCUT2D eigenvalue weighted by Gasteiger charge is -2.19. The molecule has 164 valence electrons. The average Bonchev–Trinajstić information content (AvgIpc) is 2.67. The largest absolute Gasteiger partial charge is 0.482 e. The van der Waals surface area contributed by atoms with E-state index >= 15 is 0 Å². The Kier molecular flexibility index (Phi) is 7.43. The zero-order valence-corrected chi connectivity index (χ0v) is 17.0. The predicted molar refractivity (Wildman–Crippen MR) is 102 cm³/mol. The molecule has 0 bridgehead atoms. The first-order chi connectivity index (χ1) is 14.0. The summed E-state index contributed by atoms with van der Waals surface area (Å²) >= 11 is 0. The normalized spacial score (nSPS) is 12.1. The number of carbonyl (C=O) groups is 1. The fourth-order valence-corrected chi connectivity index (χ4v) is 4.08. The van der Waals surface area contributed by atoms with E-state index in [4.69, 9.17) is 0 Å². The van der Waals surface area contributed by atoms with Crippen LogP contribution in [0.4, 0.5) is 23.2 Å². The Morgan fingerprint density at radius 3 is 2.33 bits per heavy atom. The van der Waals surface area contributed by atoms with Gasteiger partial charge in [-0.15, -0.1) is 0 Å². The molecule has 0 radical (unpaired) electrons. The van der Waals surface area contributed by atoms with E-state index in [9.17, 15) is 30.8 Å². The third kappa shape index (κ3) is 5.70. The van der Waals surface area contributed by atoms with Crippen LogP contribution in [-0.4, -0.2) is 44.5 Å². The second-order valence-electron chi connectivity index (χ2n) is 6.09. The number of nitrogens with one attached hydrogen (secondary N) is 1. The molecular weight excluding hydrogens is 428 g/mol. The maximum atomic E-state index is 14.2. The second kappa shape index (κ2) is 9.43. The van der Waals surface area contributed by atoms with Crippen molar-refractivity contribution < 1.29 is 35.5 Å². The molecule has 0 heterocycles. The van der Waals surface area contributed by atoms with Gasteiger partial charge in [-0.1, -0.05) is 26.0 Å². The van der Waals surface area contributed by atoms with Gasteiger partial charge >= 0.3 is 6.18 Å². The van der Waals surface area contributed by atoms with Crippen LogP contribution in [0, 0.1) is 5.82 Å². The highest BCUT2D eigenvalue weighted by Gasteiger charge is 2.29. The first-order valence-electron chi connectivity index (χ1n) is 8.89. The van der Waals surface area contributed by atoms with Crippen LogP contribution in [0.15, 0.2) is 47.4 Å². The topological polar surface area (TPSA) is 75.7 Å². The number of hydrogen-bond donors (Lipinski definition) is 1. The molecule has 0 atom stereocenters. The minimum Gasteiger partial charge on any atom is -0.482 e. The summed E-state index contributed by atoms with van der Waals surface area (Å²) in [6.07, 6.45) is -4.59. The fourth-order valence-electron chi connectivity index (χ4n) is 2.60. The number of halogens is 4. The predicted octanol–water partition coefficient (Wildman–Crippen LogP) is 4.05. The number of nitrogens with zero attached hydrogens (tertiary/aromatic N) is 1. The van der Waals surface area contributed by atoms with Crippen LogP contribution in [0.1, 0.15) is 24.2 Å². The van der Waals surface area contributed by atoms with Crippen molar-refractivity contribution in [2.24, 2.45) is 0 Å². The Labute approximate surface area is 171 Å². The first-order valence-corrected chi connectivity index (χ1v) is 10.3. The van der Waals surface area contributed by atoms with E-state index in [0.29, 0.717) is 0 Å². The molecule has 6 nitrogen and oxygen atoms in total. The molecule has 0 unspecified atom stereocenters. The number of rotatable bonds is 8. The lowest BCUT2D eigenvalue weighted by molar-refractivity contribution is -0.153. The number of alkyl halides is 3. The van der Waals surface area contributed by atoms with Gasteiger partial charge in [-0.3, -0.25) is 4.79 Å². The molecule has 0 aliphatic carbocycles. The van der Waals surface area contributed by atoms with Crippen LogP contribution in [0.5, 0.6) is 5.75 Å². The van der Waals surface area contributed by atoms with E-state index in [2.05, 4.69) is 10.1 Å². The highest BCUT2D eigenvalue weighted by molar-refractivity contribution is 7.89. The summed E-state index contributed by atoms with van der Waals surface area (Å²) in [6, 6.07) is 8.10. The van der Waals surface area contributed by atoms with Crippen molar-refractivity contribution in [1.82, 2.24) is 4.31 Å². The summed E-state index contributed by atoms with van der Waals surface area (Å²) in [5.74, 6) is -2.29. The molecule has 0 saturated heterocycles. The quantitative estimate of drug-likeness (QED) is 0.619. The van der Waals surface area contributed by atoms with Gasteiger partial charge in [-0.2, -0.15) is 17.5 Å². The minimum absolute atomic E-state index is 0.122. The van der Waals surface area contributed by atoms with Crippen LogP contribution in [0.3, 0.4) is 0 Å². The smallest absolute Gasteiger partial charge is 0.422 e. The average molecular weight is 448 g/mol. The van der Waals surface area contributed by atoms with Crippen molar-refractivity contribution in [1.29, 1.82) is 0 Å². The molecule has 1 amide bonds. The highest BCUT2D eigenvalue weighted by atomic mass is 32.2. The summed E-state index contributed by atoms with van der Waals surface area (Å²) < 4.78 is 82.5. The van der Waals surface area contributed by atoms with E-state index in [1.165, 1.54) is 24.3 Å². The fraction of sp³-hybridized carbons (Fsp3) is 0.316. The minimum atomic E-state index is -4.59. The summed E-state index contributed by atoms with van der Waals surface area (Å²) in [4.78, 5) is 12.3. The Balaban J connectivity index is 2.33. The van der Waals surface area contributed by atoms with Gasteiger partial charge in [0.15, 0.2) is 6.61 Å². The molecule has 2 aromatic carbocycles.